The molecule has 0 aliphatic rings. The SMILES string of the molecule is CC[C@@H](O)C(=O)Nc1ccc([N+](=O)[O-])cc1. The zero-order valence-electron chi connectivity index (χ0n) is 8.71. The Bertz CT molecular complexity index is 388. The molecule has 1 atom stereocenters. The number of nitro groups is 1. The second-order valence-electron chi connectivity index (χ2n) is 3.22. The van der Waals surface area contributed by atoms with Crippen LogP contribution in [0, 0.1) is 10.1 Å². The number of non-ortho nitro benzene ring substituents is 1. The van der Waals surface area contributed by atoms with Crippen LogP contribution < -0.4 is 5.32 Å². The van der Waals surface area contributed by atoms with Gasteiger partial charge in [0.05, 0.1) is 4.92 Å². The summed E-state index contributed by atoms with van der Waals surface area (Å²) in [4.78, 5) is 21.1. The number of nitro benzene ring substituents is 1. The zero-order chi connectivity index (χ0) is 12.1. The Labute approximate surface area is 92.0 Å². The summed E-state index contributed by atoms with van der Waals surface area (Å²) in [6.07, 6.45) is -0.742. The normalized spacial score (nSPS) is 11.9. The predicted octanol–water partition coefficient (Wildman–Crippen LogP) is 1.30. The fourth-order valence-corrected chi connectivity index (χ4v) is 1.08. The molecule has 2 N–H and O–H groups in total. The Morgan fingerprint density at radius 3 is 2.50 bits per heavy atom. The Hall–Kier alpha value is -1.95. The van der Waals surface area contributed by atoms with E-state index in [1.807, 2.05) is 0 Å². The number of anilines is 1. The van der Waals surface area contributed by atoms with Gasteiger partial charge in [0.25, 0.3) is 11.6 Å². The number of aliphatic hydroxyl groups is 1. The van der Waals surface area contributed by atoms with E-state index in [2.05, 4.69) is 5.32 Å². The molecule has 6 nitrogen and oxygen atoms in total. The maximum absolute atomic E-state index is 11.3. The summed E-state index contributed by atoms with van der Waals surface area (Å²) in [5, 5.41) is 22.0. The molecule has 0 unspecified atom stereocenters. The molecule has 1 aromatic rings. The second kappa shape index (κ2) is 5.22. The molecule has 0 fully saturated rings. The number of carbonyl (C=O) groups excluding carboxylic acids is 1. The molecule has 1 aromatic carbocycles. The molecule has 6 heteroatoms. The van der Waals surface area contributed by atoms with Crippen molar-refractivity contribution in [2.24, 2.45) is 0 Å². The smallest absolute Gasteiger partial charge is 0.269 e. The van der Waals surface area contributed by atoms with E-state index in [4.69, 9.17) is 0 Å². The summed E-state index contributed by atoms with van der Waals surface area (Å²) in [6.45, 7) is 1.68. The minimum atomic E-state index is -1.06. The first-order valence-corrected chi connectivity index (χ1v) is 4.78. The average molecular weight is 224 g/mol. The van der Waals surface area contributed by atoms with E-state index in [9.17, 15) is 20.0 Å². The van der Waals surface area contributed by atoms with Crippen LogP contribution >= 0.6 is 0 Å². The van der Waals surface area contributed by atoms with Gasteiger partial charge in [-0.2, -0.15) is 0 Å². The van der Waals surface area contributed by atoms with Gasteiger partial charge in [0, 0.05) is 17.8 Å². The number of rotatable bonds is 4. The maximum Gasteiger partial charge on any atom is 0.269 e. The topological polar surface area (TPSA) is 92.5 Å². The molecule has 86 valence electrons. The van der Waals surface area contributed by atoms with Crippen molar-refractivity contribution in [2.75, 3.05) is 5.32 Å². The van der Waals surface area contributed by atoms with E-state index in [1.54, 1.807) is 6.92 Å². The largest absolute Gasteiger partial charge is 0.383 e. The highest BCUT2D eigenvalue weighted by molar-refractivity contribution is 5.93. The monoisotopic (exact) mass is 224 g/mol. The quantitative estimate of drug-likeness (QED) is 0.595. The van der Waals surface area contributed by atoms with Crippen molar-refractivity contribution in [1.82, 2.24) is 0 Å². The van der Waals surface area contributed by atoms with E-state index < -0.39 is 16.9 Å². The van der Waals surface area contributed by atoms with Crippen LogP contribution in [0.3, 0.4) is 0 Å². The van der Waals surface area contributed by atoms with Crippen molar-refractivity contribution in [1.29, 1.82) is 0 Å². The third-order valence-corrected chi connectivity index (χ3v) is 2.04. The molecule has 16 heavy (non-hydrogen) atoms. The third-order valence-electron chi connectivity index (χ3n) is 2.04. The third kappa shape index (κ3) is 3.03. The molecule has 0 bridgehead atoms. The number of carbonyl (C=O) groups is 1. The molecule has 1 rings (SSSR count). The van der Waals surface area contributed by atoms with Gasteiger partial charge >= 0.3 is 0 Å². The molecular weight excluding hydrogens is 212 g/mol. The number of benzene rings is 1. The standard InChI is InChI=1S/C10H12N2O4/c1-2-9(13)10(14)11-7-3-5-8(6-4-7)12(15)16/h3-6,9,13H,2H2,1H3,(H,11,14)/t9-/m1/s1. The highest BCUT2D eigenvalue weighted by Crippen LogP contribution is 2.15. The molecular formula is C10H12N2O4. The fraction of sp³-hybridized carbons (Fsp3) is 0.300. The molecule has 0 saturated heterocycles. The van der Waals surface area contributed by atoms with Gasteiger partial charge < -0.3 is 10.4 Å². The van der Waals surface area contributed by atoms with Gasteiger partial charge in [0.1, 0.15) is 6.10 Å². The number of nitrogens with one attached hydrogen (secondary N) is 1. The van der Waals surface area contributed by atoms with Crippen molar-refractivity contribution < 1.29 is 14.8 Å². The highest BCUT2D eigenvalue weighted by atomic mass is 16.6. The molecule has 0 aliphatic carbocycles. The van der Waals surface area contributed by atoms with Gasteiger partial charge in [-0.05, 0) is 18.6 Å². The first-order chi connectivity index (χ1) is 7.54. The van der Waals surface area contributed by atoms with Gasteiger partial charge in [0.2, 0.25) is 0 Å². The maximum atomic E-state index is 11.3. The molecule has 0 heterocycles. The van der Waals surface area contributed by atoms with Crippen molar-refractivity contribution in [3.05, 3.63) is 34.4 Å². The summed E-state index contributed by atoms with van der Waals surface area (Å²) >= 11 is 0. The van der Waals surface area contributed by atoms with Crippen LogP contribution in [0.1, 0.15) is 13.3 Å². The number of hydrogen-bond acceptors (Lipinski definition) is 4. The zero-order valence-corrected chi connectivity index (χ0v) is 8.71. The summed E-state index contributed by atoms with van der Waals surface area (Å²) in [5.74, 6) is -0.517. The lowest BCUT2D eigenvalue weighted by Crippen LogP contribution is -2.26. The number of aliphatic hydroxyl groups excluding tert-OH is 1. The first kappa shape index (κ1) is 12.1. The van der Waals surface area contributed by atoms with Gasteiger partial charge in [-0.25, -0.2) is 0 Å². The summed E-state index contributed by atoms with van der Waals surface area (Å²) in [7, 11) is 0. The Kier molecular flexibility index (Phi) is 3.96. The van der Waals surface area contributed by atoms with E-state index in [-0.39, 0.29) is 5.69 Å². The predicted molar refractivity (Wildman–Crippen MR) is 58.0 cm³/mol. The first-order valence-electron chi connectivity index (χ1n) is 4.78. The van der Waals surface area contributed by atoms with E-state index in [1.165, 1.54) is 24.3 Å². The van der Waals surface area contributed by atoms with Crippen LogP contribution in [0.25, 0.3) is 0 Å². The lowest BCUT2D eigenvalue weighted by atomic mass is 10.2. The minimum absolute atomic E-state index is 0.0472. The van der Waals surface area contributed by atoms with E-state index in [0.717, 1.165) is 0 Å². The van der Waals surface area contributed by atoms with Gasteiger partial charge in [-0.1, -0.05) is 6.92 Å². The van der Waals surface area contributed by atoms with Crippen molar-refractivity contribution in [3.63, 3.8) is 0 Å². The Morgan fingerprint density at radius 1 is 1.50 bits per heavy atom. The highest BCUT2D eigenvalue weighted by Gasteiger charge is 2.12. The van der Waals surface area contributed by atoms with Crippen molar-refractivity contribution in [3.8, 4) is 0 Å². The molecule has 1 amide bonds. The second-order valence-corrected chi connectivity index (χ2v) is 3.22. The number of hydrogen-bond donors (Lipinski definition) is 2. The van der Waals surface area contributed by atoms with Crippen LogP contribution in [0.15, 0.2) is 24.3 Å². The van der Waals surface area contributed by atoms with Gasteiger partial charge in [-0.15, -0.1) is 0 Å². The van der Waals surface area contributed by atoms with Crippen LogP contribution in [0.2, 0.25) is 0 Å². The minimum Gasteiger partial charge on any atom is -0.383 e. The molecule has 0 radical (unpaired) electrons. The van der Waals surface area contributed by atoms with Crippen molar-refractivity contribution in [2.45, 2.75) is 19.4 Å². The van der Waals surface area contributed by atoms with Crippen LogP contribution in [-0.4, -0.2) is 22.0 Å². The summed E-state index contributed by atoms with van der Waals surface area (Å²) < 4.78 is 0. The van der Waals surface area contributed by atoms with E-state index in [0.29, 0.717) is 12.1 Å². The summed E-state index contributed by atoms with van der Waals surface area (Å²) in [6, 6.07) is 5.40. The molecule has 0 aromatic heterocycles. The molecule has 0 saturated carbocycles. The van der Waals surface area contributed by atoms with Crippen LogP contribution in [0.5, 0.6) is 0 Å². The lowest BCUT2D eigenvalue weighted by Gasteiger charge is -2.08. The lowest BCUT2D eigenvalue weighted by molar-refractivity contribution is -0.384. The average Bonchev–Trinajstić information content (AvgIpc) is 2.28. The van der Waals surface area contributed by atoms with Gasteiger partial charge in [0.15, 0.2) is 0 Å². The Morgan fingerprint density at radius 2 is 2.06 bits per heavy atom. The molecule has 0 spiro atoms. The van der Waals surface area contributed by atoms with Crippen LogP contribution in [0.4, 0.5) is 11.4 Å². The van der Waals surface area contributed by atoms with Gasteiger partial charge in [-0.3, -0.25) is 14.9 Å². The summed E-state index contributed by atoms with van der Waals surface area (Å²) in [5.41, 5.74) is 0.372. The molecule has 0 aliphatic heterocycles. The Balaban J connectivity index is 2.69. The fourth-order valence-electron chi connectivity index (χ4n) is 1.08. The van der Waals surface area contributed by atoms with Crippen LogP contribution in [-0.2, 0) is 4.79 Å². The number of amides is 1. The number of nitrogens with zero attached hydrogens (tertiary/aromatic N) is 1. The van der Waals surface area contributed by atoms with Crippen molar-refractivity contribution >= 4 is 17.3 Å². The van der Waals surface area contributed by atoms with E-state index >= 15 is 0 Å².